The molecule has 2 aromatic rings. The van der Waals surface area contributed by atoms with E-state index in [2.05, 4.69) is 5.32 Å². The molecule has 0 aliphatic carbocycles. The van der Waals surface area contributed by atoms with Gasteiger partial charge in [0.15, 0.2) is 6.10 Å². The zero-order chi connectivity index (χ0) is 18.4. The number of nitrogens with two attached hydrogens (primary N) is 1. The summed E-state index contributed by atoms with van der Waals surface area (Å²) in [6.07, 6.45) is -0.282. The zero-order valence-electron chi connectivity index (χ0n) is 13.5. The molecule has 1 aromatic heterocycles. The van der Waals surface area contributed by atoms with Crippen molar-refractivity contribution in [3.63, 3.8) is 0 Å². The number of benzene rings is 1. The van der Waals surface area contributed by atoms with Crippen LogP contribution in [0.5, 0.6) is 0 Å². The van der Waals surface area contributed by atoms with Gasteiger partial charge in [-0.3, -0.25) is 9.59 Å². The van der Waals surface area contributed by atoms with Crippen LogP contribution < -0.4 is 10.5 Å². The molecule has 25 heavy (non-hydrogen) atoms. The maximum Gasteiger partial charge on any atom is 0.306 e. The lowest BCUT2D eigenvalue weighted by molar-refractivity contribution is -0.153. The van der Waals surface area contributed by atoms with E-state index in [1.54, 1.807) is 11.3 Å². The predicted octanol–water partition coefficient (Wildman–Crippen LogP) is 1.90. The summed E-state index contributed by atoms with van der Waals surface area (Å²) in [5, 5.41) is 11.4. The molecule has 0 unspecified atom stereocenters. The van der Waals surface area contributed by atoms with Crippen LogP contribution in [0.3, 0.4) is 0 Å². The number of thiophene rings is 1. The van der Waals surface area contributed by atoms with Crippen LogP contribution in [0.15, 0.2) is 46.0 Å². The van der Waals surface area contributed by atoms with Gasteiger partial charge in [-0.1, -0.05) is 6.07 Å². The molecule has 1 atom stereocenters. The topological polar surface area (TPSA) is 116 Å². The summed E-state index contributed by atoms with van der Waals surface area (Å²) < 4.78 is 27.7. The largest absolute Gasteiger partial charge is 0.453 e. The van der Waals surface area contributed by atoms with Crippen LogP contribution in [0, 0.1) is 0 Å². The highest BCUT2D eigenvalue weighted by molar-refractivity contribution is 7.89. The van der Waals surface area contributed by atoms with E-state index in [0.29, 0.717) is 6.42 Å². The minimum atomic E-state index is -3.87. The van der Waals surface area contributed by atoms with Crippen molar-refractivity contribution < 1.29 is 22.7 Å². The van der Waals surface area contributed by atoms with E-state index >= 15 is 0 Å². The maximum absolute atomic E-state index is 12.1. The van der Waals surface area contributed by atoms with E-state index in [1.807, 2.05) is 16.8 Å². The summed E-state index contributed by atoms with van der Waals surface area (Å²) in [7, 11) is -3.87. The van der Waals surface area contributed by atoms with Crippen molar-refractivity contribution in [3.8, 4) is 0 Å². The Labute approximate surface area is 149 Å². The average molecular weight is 382 g/mol. The number of carbonyl (C=O) groups excluding carboxylic acids is 2. The van der Waals surface area contributed by atoms with Crippen LogP contribution in [-0.2, 0) is 30.8 Å². The van der Waals surface area contributed by atoms with Gasteiger partial charge in [0.2, 0.25) is 10.0 Å². The Morgan fingerprint density at radius 1 is 1.32 bits per heavy atom. The molecule has 134 valence electrons. The molecule has 3 N–H and O–H groups in total. The lowest BCUT2D eigenvalue weighted by Crippen LogP contribution is -2.30. The lowest BCUT2D eigenvalue weighted by atomic mass is 10.2. The number of rotatable bonds is 7. The molecular weight excluding hydrogens is 364 g/mol. The van der Waals surface area contributed by atoms with Crippen LogP contribution in [0.4, 0.5) is 5.69 Å². The molecule has 0 saturated carbocycles. The number of aryl methyl sites for hydroxylation is 1. The Kier molecular flexibility index (Phi) is 6.29. The van der Waals surface area contributed by atoms with E-state index in [0.717, 1.165) is 5.56 Å². The second-order valence-corrected chi connectivity index (χ2v) is 7.67. The molecule has 0 fully saturated rings. The smallest absolute Gasteiger partial charge is 0.306 e. The van der Waals surface area contributed by atoms with Crippen molar-refractivity contribution in [2.24, 2.45) is 5.14 Å². The van der Waals surface area contributed by atoms with Crippen molar-refractivity contribution in [2.75, 3.05) is 5.32 Å². The molecule has 1 heterocycles. The van der Waals surface area contributed by atoms with Crippen LogP contribution >= 0.6 is 11.3 Å². The molecule has 2 rings (SSSR count). The molecule has 9 heteroatoms. The van der Waals surface area contributed by atoms with Gasteiger partial charge in [0.05, 0.1) is 4.90 Å². The molecule has 0 aliphatic rings. The number of ether oxygens (including phenoxy) is 1. The number of nitrogens with one attached hydrogen (secondary N) is 1. The van der Waals surface area contributed by atoms with Gasteiger partial charge in [-0.05, 0) is 53.9 Å². The van der Waals surface area contributed by atoms with Gasteiger partial charge in [-0.2, -0.15) is 11.3 Å². The fraction of sp³-hybridized carbons (Fsp3) is 0.250. The van der Waals surface area contributed by atoms with E-state index < -0.39 is 28.0 Å². The molecule has 0 aliphatic heterocycles. The second-order valence-electron chi connectivity index (χ2n) is 5.33. The second kappa shape index (κ2) is 8.24. The Morgan fingerprint density at radius 3 is 2.72 bits per heavy atom. The quantitative estimate of drug-likeness (QED) is 0.710. The number of hydrogen-bond donors (Lipinski definition) is 2. The van der Waals surface area contributed by atoms with Crippen LogP contribution in [-0.4, -0.2) is 26.4 Å². The number of amides is 1. The van der Waals surface area contributed by atoms with Crippen molar-refractivity contribution in [1.29, 1.82) is 0 Å². The molecular formula is C16H18N2O5S2. The standard InChI is InChI=1S/C16H18N2O5S2/c1-11(23-15(19)6-5-12-7-8-24-10-12)16(20)18-13-3-2-4-14(9-13)25(17,21)22/h2-4,7-11H,5-6H2,1H3,(H,18,20)(H2,17,21,22)/t11-/m1/s1. The molecule has 0 radical (unpaired) electrons. The van der Waals surface area contributed by atoms with Gasteiger partial charge < -0.3 is 10.1 Å². The summed E-state index contributed by atoms with van der Waals surface area (Å²) in [5.74, 6) is -1.04. The number of anilines is 1. The van der Waals surface area contributed by atoms with Gasteiger partial charge in [-0.15, -0.1) is 0 Å². The highest BCUT2D eigenvalue weighted by atomic mass is 32.2. The summed E-state index contributed by atoms with van der Waals surface area (Å²) in [6.45, 7) is 1.45. The monoisotopic (exact) mass is 382 g/mol. The minimum absolute atomic E-state index is 0.120. The number of sulfonamides is 1. The molecule has 0 bridgehead atoms. The van der Waals surface area contributed by atoms with Gasteiger partial charge in [0.1, 0.15) is 0 Å². The molecule has 1 aromatic carbocycles. The first-order valence-corrected chi connectivity index (χ1v) is 9.89. The lowest BCUT2D eigenvalue weighted by Gasteiger charge is -2.14. The SMILES string of the molecule is C[C@@H](OC(=O)CCc1ccsc1)C(=O)Nc1cccc(S(N)(=O)=O)c1. The van der Waals surface area contributed by atoms with Crippen molar-refractivity contribution in [1.82, 2.24) is 0 Å². The van der Waals surface area contributed by atoms with Crippen LogP contribution in [0.2, 0.25) is 0 Å². The molecule has 0 saturated heterocycles. The number of primary sulfonamides is 1. The van der Waals surface area contributed by atoms with Crippen molar-refractivity contribution in [3.05, 3.63) is 46.7 Å². The number of esters is 1. The van der Waals surface area contributed by atoms with E-state index in [4.69, 9.17) is 9.88 Å². The van der Waals surface area contributed by atoms with Gasteiger partial charge in [0, 0.05) is 12.1 Å². The van der Waals surface area contributed by atoms with E-state index in [9.17, 15) is 18.0 Å². The minimum Gasteiger partial charge on any atom is -0.453 e. The molecule has 1 amide bonds. The summed E-state index contributed by atoms with van der Waals surface area (Å²) in [5.41, 5.74) is 1.29. The fourth-order valence-electron chi connectivity index (χ4n) is 1.99. The van der Waals surface area contributed by atoms with Gasteiger partial charge in [0.25, 0.3) is 5.91 Å². The Balaban J connectivity index is 1.88. The first-order valence-electron chi connectivity index (χ1n) is 7.40. The Hall–Kier alpha value is -2.23. The molecule has 0 spiro atoms. The number of carbonyl (C=O) groups is 2. The van der Waals surface area contributed by atoms with Crippen LogP contribution in [0.25, 0.3) is 0 Å². The normalized spacial score (nSPS) is 12.4. The first kappa shape index (κ1) is 19.1. The zero-order valence-corrected chi connectivity index (χ0v) is 15.1. The van der Waals surface area contributed by atoms with E-state index in [-0.39, 0.29) is 17.0 Å². The van der Waals surface area contributed by atoms with E-state index in [1.165, 1.54) is 31.2 Å². The highest BCUT2D eigenvalue weighted by Gasteiger charge is 2.18. The Bertz CT molecular complexity index is 847. The third-order valence-electron chi connectivity index (χ3n) is 3.31. The maximum atomic E-state index is 12.1. The summed E-state index contributed by atoms with van der Waals surface area (Å²) in [4.78, 5) is 23.8. The third kappa shape index (κ3) is 5.96. The number of hydrogen-bond acceptors (Lipinski definition) is 6. The van der Waals surface area contributed by atoms with Crippen molar-refractivity contribution in [2.45, 2.75) is 30.8 Å². The third-order valence-corrected chi connectivity index (χ3v) is 4.95. The van der Waals surface area contributed by atoms with Crippen LogP contribution in [0.1, 0.15) is 18.9 Å². The van der Waals surface area contributed by atoms with Gasteiger partial charge in [-0.25, -0.2) is 13.6 Å². The summed E-state index contributed by atoms with van der Waals surface area (Å²) in [6, 6.07) is 7.44. The molecule has 7 nitrogen and oxygen atoms in total. The average Bonchev–Trinajstić information content (AvgIpc) is 3.05. The highest BCUT2D eigenvalue weighted by Crippen LogP contribution is 2.15. The first-order chi connectivity index (χ1) is 11.8. The fourth-order valence-corrected chi connectivity index (χ4v) is 3.25. The Morgan fingerprint density at radius 2 is 2.08 bits per heavy atom. The van der Waals surface area contributed by atoms with Gasteiger partial charge >= 0.3 is 5.97 Å². The predicted molar refractivity (Wildman–Crippen MR) is 94.6 cm³/mol. The summed E-state index contributed by atoms with van der Waals surface area (Å²) >= 11 is 1.55. The van der Waals surface area contributed by atoms with Crippen molar-refractivity contribution >= 4 is 38.9 Å².